The van der Waals surface area contributed by atoms with Crippen molar-refractivity contribution < 1.29 is 19.4 Å². The van der Waals surface area contributed by atoms with E-state index in [2.05, 4.69) is 12.2 Å². The van der Waals surface area contributed by atoms with Crippen LogP contribution in [-0.4, -0.2) is 47.2 Å². The van der Waals surface area contributed by atoms with Crippen LogP contribution in [0.25, 0.3) is 0 Å². The second-order valence-electron chi connectivity index (χ2n) is 4.76. The van der Waals surface area contributed by atoms with Crippen molar-refractivity contribution in [3.8, 4) is 0 Å². The summed E-state index contributed by atoms with van der Waals surface area (Å²) in [6.45, 7) is 2.91. The number of carboxylic acids is 1. The molecule has 6 heteroatoms. The molecule has 0 aromatic heterocycles. The van der Waals surface area contributed by atoms with Gasteiger partial charge in [-0.05, 0) is 12.2 Å². The number of carbonyl (C=O) groups is 2. The topological polar surface area (TPSA) is 75.6 Å². The number of rotatable bonds is 8. The predicted octanol–water partition coefficient (Wildman–Crippen LogP) is 1.66. The van der Waals surface area contributed by atoms with Crippen molar-refractivity contribution in [3.63, 3.8) is 0 Å². The van der Waals surface area contributed by atoms with E-state index in [9.17, 15) is 14.7 Å². The van der Waals surface area contributed by atoms with Crippen LogP contribution in [0, 0.1) is 0 Å². The van der Waals surface area contributed by atoms with Gasteiger partial charge in [0.25, 0.3) is 0 Å². The van der Waals surface area contributed by atoms with E-state index >= 15 is 0 Å². The van der Waals surface area contributed by atoms with E-state index in [4.69, 9.17) is 4.74 Å². The minimum Gasteiger partial charge on any atom is -0.480 e. The van der Waals surface area contributed by atoms with Crippen LogP contribution in [0.4, 0.5) is 0 Å². The minimum atomic E-state index is -1.12. The first kappa shape index (κ1) is 16.3. The lowest BCUT2D eigenvalue weighted by Crippen LogP contribution is -2.57. The van der Waals surface area contributed by atoms with Crippen molar-refractivity contribution in [1.29, 1.82) is 0 Å². The van der Waals surface area contributed by atoms with Crippen molar-refractivity contribution >= 4 is 23.6 Å². The van der Waals surface area contributed by atoms with Crippen LogP contribution in [-0.2, 0) is 14.3 Å². The molecule has 1 rings (SSSR count). The quantitative estimate of drug-likeness (QED) is 0.665. The first-order valence-corrected chi connectivity index (χ1v) is 7.96. The second-order valence-corrected chi connectivity index (χ2v) is 5.99. The first-order valence-electron chi connectivity index (χ1n) is 6.80. The Kier molecular flexibility index (Phi) is 7.23. The average molecular weight is 289 g/mol. The van der Waals surface area contributed by atoms with Crippen LogP contribution < -0.4 is 5.32 Å². The van der Waals surface area contributed by atoms with Crippen LogP contribution in [0.15, 0.2) is 0 Å². The third-order valence-electron chi connectivity index (χ3n) is 3.25. The van der Waals surface area contributed by atoms with Crippen molar-refractivity contribution in [3.05, 3.63) is 0 Å². The van der Waals surface area contributed by atoms with Gasteiger partial charge in [-0.15, -0.1) is 0 Å². The van der Waals surface area contributed by atoms with Gasteiger partial charge in [0.05, 0.1) is 0 Å². The van der Waals surface area contributed by atoms with Crippen LogP contribution in [0.2, 0.25) is 0 Å². The number of aliphatic carboxylic acids is 1. The lowest BCUT2D eigenvalue weighted by molar-refractivity contribution is -0.152. The highest BCUT2D eigenvalue weighted by molar-refractivity contribution is 7.99. The van der Waals surface area contributed by atoms with E-state index in [1.165, 1.54) is 0 Å². The number of carbonyl (C=O) groups excluding carboxylic acids is 1. The van der Waals surface area contributed by atoms with E-state index in [0.29, 0.717) is 32.5 Å². The minimum absolute atomic E-state index is 0.173. The summed E-state index contributed by atoms with van der Waals surface area (Å²) >= 11 is 1.74. The number of thioether (sulfide) groups is 1. The Morgan fingerprint density at radius 2 is 2.00 bits per heavy atom. The van der Waals surface area contributed by atoms with Crippen molar-refractivity contribution in [2.45, 2.75) is 44.6 Å². The molecular formula is C13H23NO4S. The SMILES string of the molecule is CCCCSCCC(=O)NC1(C(=O)O)CCOCC1. The van der Waals surface area contributed by atoms with E-state index < -0.39 is 11.5 Å². The molecule has 0 aliphatic carbocycles. The van der Waals surface area contributed by atoms with E-state index in [-0.39, 0.29) is 5.91 Å². The first-order chi connectivity index (χ1) is 9.10. The summed E-state index contributed by atoms with van der Waals surface area (Å²) in [7, 11) is 0. The van der Waals surface area contributed by atoms with Crippen LogP contribution in [0.1, 0.15) is 39.0 Å². The summed E-state index contributed by atoms with van der Waals surface area (Å²) in [4.78, 5) is 23.2. The third kappa shape index (κ3) is 5.40. The number of carboxylic acid groups (broad SMARTS) is 1. The molecule has 0 aromatic rings. The molecule has 110 valence electrons. The molecule has 0 aromatic carbocycles. The molecule has 1 aliphatic heterocycles. The molecule has 1 saturated heterocycles. The summed E-state index contributed by atoms with van der Waals surface area (Å²) in [5.74, 6) is 0.677. The number of ether oxygens (including phenoxy) is 1. The maximum atomic E-state index is 11.8. The molecule has 1 amide bonds. The molecule has 0 unspecified atom stereocenters. The van der Waals surface area contributed by atoms with E-state index in [0.717, 1.165) is 24.3 Å². The zero-order valence-electron chi connectivity index (χ0n) is 11.4. The molecule has 5 nitrogen and oxygen atoms in total. The zero-order valence-corrected chi connectivity index (χ0v) is 12.3. The average Bonchev–Trinajstić information content (AvgIpc) is 2.39. The molecule has 0 radical (unpaired) electrons. The Labute approximate surface area is 118 Å². The van der Waals surface area contributed by atoms with Crippen LogP contribution in [0.5, 0.6) is 0 Å². The van der Waals surface area contributed by atoms with Gasteiger partial charge in [-0.2, -0.15) is 11.8 Å². The molecule has 0 atom stereocenters. The number of hydrogen-bond acceptors (Lipinski definition) is 4. The molecule has 1 fully saturated rings. The monoisotopic (exact) mass is 289 g/mol. The highest BCUT2D eigenvalue weighted by Gasteiger charge is 2.41. The Balaban J connectivity index is 2.33. The molecular weight excluding hydrogens is 266 g/mol. The van der Waals surface area contributed by atoms with Crippen LogP contribution >= 0.6 is 11.8 Å². The molecule has 2 N–H and O–H groups in total. The molecule has 0 bridgehead atoms. The molecule has 1 aliphatic rings. The Morgan fingerprint density at radius 3 is 2.58 bits per heavy atom. The van der Waals surface area contributed by atoms with Gasteiger partial charge in [-0.1, -0.05) is 13.3 Å². The van der Waals surface area contributed by atoms with E-state index in [1.807, 2.05) is 0 Å². The normalized spacial score (nSPS) is 17.9. The standard InChI is InChI=1S/C13H23NO4S/c1-2-3-9-19-10-4-11(15)14-13(12(16)17)5-7-18-8-6-13/h2-10H2,1H3,(H,14,15)(H,16,17). The van der Waals surface area contributed by atoms with Gasteiger partial charge < -0.3 is 15.2 Å². The summed E-state index contributed by atoms with van der Waals surface area (Å²) in [5, 5.41) is 12.0. The Hall–Kier alpha value is -0.750. The second kappa shape index (κ2) is 8.43. The highest BCUT2D eigenvalue weighted by Crippen LogP contribution is 2.21. The summed E-state index contributed by atoms with van der Waals surface area (Å²) in [6.07, 6.45) is 3.38. The van der Waals surface area contributed by atoms with Gasteiger partial charge in [-0.25, -0.2) is 4.79 Å². The largest absolute Gasteiger partial charge is 0.480 e. The smallest absolute Gasteiger partial charge is 0.329 e. The number of hydrogen-bond donors (Lipinski definition) is 2. The van der Waals surface area contributed by atoms with Gasteiger partial charge in [0.15, 0.2) is 0 Å². The molecule has 1 heterocycles. The summed E-state index contributed by atoms with van der Waals surface area (Å²) in [6, 6.07) is 0. The molecule has 19 heavy (non-hydrogen) atoms. The number of amides is 1. The van der Waals surface area contributed by atoms with Gasteiger partial charge in [0.1, 0.15) is 5.54 Å². The third-order valence-corrected chi connectivity index (χ3v) is 4.32. The highest BCUT2D eigenvalue weighted by atomic mass is 32.2. The summed E-state index contributed by atoms with van der Waals surface area (Å²) in [5.41, 5.74) is -1.12. The maximum Gasteiger partial charge on any atom is 0.329 e. The fourth-order valence-electron chi connectivity index (χ4n) is 1.95. The Morgan fingerprint density at radius 1 is 1.32 bits per heavy atom. The van der Waals surface area contributed by atoms with E-state index in [1.54, 1.807) is 11.8 Å². The lowest BCUT2D eigenvalue weighted by Gasteiger charge is -2.33. The summed E-state index contributed by atoms with van der Waals surface area (Å²) < 4.78 is 5.16. The zero-order chi connectivity index (χ0) is 14.1. The number of unbranched alkanes of at least 4 members (excludes halogenated alkanes) is 1. The molecule has 0 saturated carbocycles. The maximum absolute atomic E-state index is 11.8. The van der Waals surface area contributed by atoms with Crippen molar-refractivity contribution in [2.75, 3.05) is 24.7 Å². The number of nitrogens with one attached hydrogen (secondary N) is 1. The fourth-order valence-corrected chi connectivity index (χ4v) is 2.98. The lowest BCUT2D eigenvalue weighted by atomic mass is 9.90. The van der Waals surface area contributed by atoms with Gasteiger partial charge in [-0.3, -0.25) is 4.79 Å². The van der Waals surface area contributed by atoms with Gasteiger partial charge in [0.2, 0.25) is 5.91 Å². The Bertz CT molecular complexity index is 303. The van der Waals surface area contributed by atoms with Gasteiger partial charge >= 0.3 is 5.97 Å². The van der Waals surface area contributed by atoms with Gasteiger partial charge in [0, 0.05) is 38.2 Å². The fraction of sp³-hybridized carbons (Fsp3) is 0.846. The van der Waals surface area contributed by atoms with Crippen molar-refractivity contribution in [2.24, 2.45) is 0 Å². The molecule has 0 spiro atoms. The predicted molar refractivity (Wildman–Crippen MR) is 75.4 cm³/mol. The van der Waals surface area contributed by atoms with Crippen LogP contribution in [0.3, 0.4) is 0 Å². The van der Waals surface area contributed by atoms with Crippen molar-refractivity contribution in [1.82, 2.24) is 5.32 Å².